The van der Waals surface area contributed by atoms with E-state index in [-0.39, 0.29) is 32.5 Å². The van der Waals surface area contributed by atoms with Crippen molar-refractivity contribution in [2.24, 2.45) is 0 Å². The molecule has 10 nitrogen and oxygen atoms in total. The van der Waals surface area contributed by atoms with Crippen molar-refractivity contribution in [3.05, 3.63) is 107 Å². The van der Waals surface area contributed by atoms with Gasteiger partial charge in [0.05, 0.1) is 16.6 Å². The van der Waals surface area contributed by atoms with Gasteiger partial charge in [0.2, 0.25) is 11.5 Å². The first-order valence-corrected chi connectivity index (χ1v) is 18.0. The van der Waals surface area contributed by atoms with E-state index in [2.05, 4.69) is 0 Å². The second-order valence-electron chi connectivity index (χ2n) is 13.5. The third kappa shape index (κ3) is 4.29. The largest absolute Gasteiger partial charge is 0.506 e. The van der Waals surface area contributed by atoms with Crippen LogP contribution in [-0.4, -0.2) is 61.2 Å². The van der Waals surface area contributed by atoms with Crippen LogP contribution in [0.3, 0.4) is 0 Å². The Bertz CT molecular complexity index is 2560. The molecule has 4 aromatic rings. The third-order valence-corrected chi connectivity index (χ3v) is 11.9. The molecule has 1 aliphatic carbocycles. The summed E-state index contributed by atoms with van der Waals surface area (Å²) in [5.41, 5.74) is 2.69. The number of likely N-dealkylation sites (N-methyl/N-ethyl adjacent to an activating group) is 1. The van der Waals surface area contributed by atoms with Crippen LogP contribution in [-0.2, 0) is 35.9 Å². The molecule has 0 atom stereocenters. The molecule has 0 amide bonds. The van der Waals surface area contributed by atoms with E-state index >= 15 is 0 Å². The van der Waals surface area contributed by atoms with E-state index in [0.29, 0.717) is 49.9 Å². The van der Waals surface area contributed by atoms with Gasteiger partial charge in [0.25, 0.3) is 20.2 Å². The molecule has 7 rings (SSSR count). The molecule has 0 unspecified atom stereocenters. The first-order chi connectivity index (χ1) is 22.3. The number of hydrogen-bond donors (Lipinski definition) is 3. The van der Waals surface area contributed by atoms with Crippen LogP contribution in [0.2, 0.25) is 0 Å². The van der Waals surface area contributed by atoms with Crippen molar-refractivity contribution in [3.63, 3.8) is 0 Å². The van der Waals surface area contributed by atoms with Crippen molar-refractivity contribution in [1.82, 2.24) is 0 Å². The average molecular weight is 686 g/mol. The summed E-state index contributed by atoms with van der Waals surface area (Å²) in [7, 11) is -5.54. The Morgan fingerprint density at radius 1 is 0.792 bits per heavy atom. The van der Waals surface area contributed by atoms with Gasteiger partial charge in [-0.15, -0.1) is 0 Å². The second-order valence-corrected chi connectivity index (χ2v) is 16.3. The summed E-state index contributed by atoms with van der Waals surface area (Å²) in [5, 5.41) is 13.4. The Morgan fingerprint density at radius 3 is 2.06 bits per heavy atom. The smallest absolute Gasteiger partial charge is 0.295 e. The highest BCUT2D eigenvalue weighted by atomic mass is 32.2. The molecular formula is C36H33N2O8S2+. The zero-order valence-corrected chi connectivity index (χ0v) is 28.7. The molecule has 3 N–H and O–H groups in total. The molecule has 246 valence electrons. The molecule has 48 heavy (non-hydrogen) atoms. The minimum Gasteiger partial charge on any atom is -0.506 e. The minimum absolute atomic E-state index is 0.0963. The number of carbonyl (C=O) groups is 1. The normalized spacial score (nSPS) is 20.3. The number of aliphatic hydroxyl groups excluding tert-OH is 1. The highest BCUT2D eigenvalue weighted by molar-refractivity contribution is 7.86. The van der Waals surface area contributed by atoms with Crippen LogP contribution in [0.5, 0.6) is 0 Å². The van der Waals surface area contributed by atoms with Gasteiger partial charge in [0.15, 0.2) is 5.71 Å². The van der Waals surface area contributed by atoms with Crippen LogP contribution >= 0.6 is 0 Å². The molecule has 0 fully saturated rings. The number of benzene rings is 4. The number of ketones is 1. The summed E-state index contributed by atoms with van der Waals surface area (Å²) in [6.45, 7) is 7.69. The molecule has 3 aliphatic rings. The summed E-state index contributed by atoms with van der Waals surface area (Å²) in [6.07, 6.45) is 3.23. The Kier molecular flexibility index (Phi) is 6.63. The predicted molar refractivity (Wildman–Crippen MR) is 184 cm³/mol. The fraction of sp³-hybridized carbons (Fsp3) is 0.222. The van der Waals surface area contributed by atoms with Crippen molar-refractivity contribution < 1.29 is 40.4 Å². The van der Waals surface area contributed by atoms with Crippen molar-refractivity contribution in [2.75, 3.05) is 19.0 Å². The van der Waals surface area contributed by atoms with Gasteiger partial charge in [-0.1, -0.05) is 50.2 Å². The van der Waals surface area contributed by atoms with Crippen LogP contribution in [0.4, 0.5) is 11.4 Å². The summed E-state index contributed by atoms with van der Waals surface area (Å²) in [6, 6.07) is 16.7. The fourth-order valence-electron chi connectivity index (χ4n) is 7.82. The summed E-state index contributed by atoms with van der Waals surface area (Å²) < 4.78 is 71.4. The Hall–Kier alpha value is -4.62. The maximum absolute atomic E-state index is 13.7. The lowest BCUT2D eigenvalue weighted by Crippen LogP contribution is -2.31. The van der Waals surface area contributed by atoms with E-state index < -0.39 is 31.1 Å². The van der Waals surface area contributed by atoms with Crippen molar-refractivity contribution in [3.8, 4) is 0 Å². The number of allylic oxidation sites excluding steroid dienone is 5. The molecule has 2 heterocycles. The van der Waals surface area contributed by atoms with E-state index in [1.54, 1.807) is 73.6 Å². The molecule has 12 heteroatoms. The zero-order chi connectivity index (χ0) is 34.9. The number of Topliss-reactive ketones (excluding diaryl/α,β-unsaturated/α-hetero) is 1. The van der Waals surface area contributed by atoms with Gasteiger partial charge in [0.1, 0.15) is 22.6 Å². The average Bonchev–Trinajstić information content (AvgIpc) is 3.33. The van der Waals surface area contributed by atoms with E-state index in [1.165, 1.54) is 12.1 Å². The van der Waals surface area contributed by atoms with Gasteiger partial charge in [-0.25, -0.2) is 0 Å². The number of aliphatic hydroxyl groups is 1. The Morgan fingerprint density at radius 2 is 1.44 bits per heavy atom. The van der Waals surface area contributed by atoms with Gasteiger partial charge in [-0.2, -0.15) is 21.4 Å². The quantitative estimate of drug-likeness (QED) is 0.131. The van der Waals surface area contributed by atoms with Crippen LogP contribution in [0.15, 0.2) is 105 Å². The molecule has 0 aromatic heterocycles. The zero-order valence-electron chi connectivity index (χ0n) is 27.0. The van der Waals surface area contributed by atoms with E-state index in [9.17, 15) is 35.8 Å². The molecule has 0 radical (unpaired) electrons. The van der Waals surface area contributed by atoms with Gasteiger partial charge in [-0.3, -0.25) is 13.9 Å². The maximum Gasteiger partial charge on any atom is 0.295 e. The Labute approximate surface area is 278 Å². The number of nitrogens with zero attached hydrogens (tertiary/aromatic N) is 2. The highest BCUT2D eigenvalue weighted by Crippen LogP contribution is 2.52. The summed E-state index contributed by atoms with van der Waals surface area (Å²) in [5.74, 6) is -0.591. The monoisotopic (exact) mass is 685 g/mol. The Balaban J connectivity index is 1.33. The predicted octanol–water partition coefficient (Wildman–Crippen LogP) is 6.13. The van der Waals surface area contributed by atoms with Crippen LogP contribution in [0, 0.1) is 0 Å². The van der Waals surface area contributed by atoms with Gasteiger partial charge in [0, 0.05) is 52.3 Å². The highest BCUT2D eigenvalue weighted by Gasteiger charge is 2.48. The fourth-order valence-corrected chi connectivity index (χ4v) is 9.26. The van der Waals surface area contributed by atoms with E-state index in [1.807, 2.05) is 38.3 Å². The second kappa shape index (κ2) is 9.95. The van der Waals surface area contributed by atoms with Crippen molar-refractivity contribution in [1.29, 1.82) is 0 Å². The molecule has 0 saturated heterocycles. The van der Waals surface area contributed by atoms with E-state index in [4.69, 9.17) is 0 Å². The van der Waals surface area contributed by atoms with Crippen LogP contribution < -0.4 is 4.90 Å². The lowest BCUT2D eigenvalue weighted by Gasteiger charge is -2.27. The number of carbonyl (C=O) groups excluding carboxylic acids is 1. The summed E-state index contributed by atoms with van der Waals surface area (Å²) in [4.78, 5) is 15.1. The van der Waals surface area contributed by atoms with Crippen LogP contribution in [0.25, 0.3) is 21.5 Å². The minimum atomic E-state index is -4.54. The van der Waals surface area contributed by atoms with E-state index in [0.717, 1.165) is 5.56 Å². The van der Waals surface area contributed by atoms with Gasteiger partial charge >= 0.3 is 0 Å². The first kappa shape index (κ1) is 32.0. The number of anilines is 1. The first-order valence-electron chi connectivity index (χ1n) is 15.1. The standard InChI is InChI=1S/C36H32N2O8S2/c1-35(2)28(38(6)25-18-27(48(44,45)46)20-11-7-8-12-21(20)31(25)35)16-22-33(39)23(34(22)40)17-29-36(3,4)32-24(37(29)5)15-14-19-10-9-13-26(30(19)32)47(41,42)43/h7-18H,1-6H3,(H2-,39,40,41,42,43,44,45,46)/p+1. The molecule has 4 aromatic carbocycles. The maximum atomic E-state index is 13.7. The molecular weight excluding hydrogens is 653 g/mol. The topological polar surface area (TPSA) is 152 Å². The molecule has 0 saturated carbocycles. The number of rotatable bonds is 4. The number of fused-ring (bicyclic) bond motifs is 6. The molecule has 0 spiro atoms. The SMILES string of the molecule is CN1/C(=C/C2=C(O)C(=CC3=[N+](C)c4ccc5cccc(S(=O)(=O)O)c5c4C3(C)C)C2=O)C(C)(C)c2c1cc(S(=O)(=O)O)c1ccccc21. The molecule has 2 aliphatic heterocycles. The lowest BCUT2D eigenvalue weighted by molar-refractivity contribution is -0.401. The van der Waals surface area contributed by atoms with Gasteiger partial charge in [-0.05, 0) is 54.5 Å². The van der Waals surface area contributed by atoms with Gasteiger partial charge < -0.3 is 10.0 Å². The summed E-state index contributed by atoms with van der Waals surface area (Å²) >= 11 is 0. The molecule has 0 bridgehead atoms. The van der Waals surface area contributed by atoms with Crippen LogP contribution in [0.1, 0.15) is 38.8 Å². The third-order valence-electron chi connectivity index (χ3n) is 10.1. The lowest BCUT2D eigenvalue weighted by atomic mass is 9.76. The number of hydrogen-bond acceptors (Lipinski definition) is 7. The van der Waals surface area contributed by atoms with Crippen molar-refractivity contribution in [2.45, 2.75) is 48.3 Å². The van der Waals surface area contributed by atoms with Crippen molar-refractivity contribution >= 4 is 64.7 Å².